The number of nitrogens with zero attached hydrogens (tertiary/aromatic N) is 2. The second kappa shape index (κ2) is 6.50. The topological polar surface area (TPSA) is 29.9 Å². The largest absolute Gasteiger partial charge is 0.311 e. The van der Waals surface area contributed by atoms with Crippen molar-refractivity contribution in [1.29, 1.82) is 0 Å². The molecule has 1 aromatic heterocycles. The first-order chi connectivity index (χ1) is 8.70. The van der Waals surface area contributed by atoms with E-state index in [0.717, 1.165) is 39.8 Å². The van der Waals surface area contributed by atoms with Crippen LogP contribution in [-0.2, 0) is 6.54 Å². The van der Waals surface area contributed by atoms with Crippen molar-refractivity contribution in [3.8, 4) is 5.69 Å². The molecular formula is C13H15Br2N3. The van der Waals surface area contributed by atoms with Crippen LogP contribution in [0.5, 0.6) is 0 Å². The quantitative estimate of drug-likeness (QED) is 0.806. The Labute approximate surface area is 124 Å². The highest BCUT2D eigenvalue weighted by Crippen LogP contribution is 2.24. The molecule has 0 aliphatic rings. The van der Waals surface area contributed by atoms with Crippen LogP contribution >= 0.6 is 31.9 Å². The SMILES string of the molecule is CCCNCc1ccn(-c2cc(Br)ccc2Br)n1. The van der Waals surface area contributed by atoms with Gasteiger partial charge in [-0.1, -0.05) is 22.9 Å². The van der Waals surface area contributed by atoms with E-state index in [4.69, 9.17) is 0 Å². The number of aromatic nitrogens is 2. The fourth-order valence-electron chi connectivity index (χ4n) is 1.64. The summed E-state index contributed by atoms with van der Waals surface area (Å²) in [4.78, 5) is 0. The van der Waals surface area contributed by atoms with Crippen molar-refractivity contribution >= 4 is 31.9 Å². The molecular weight excluding hydrogens is 358 g/mol. The summed E-state index contributed by atoms with van der Waals surface area (Å²) in [6.07, 6.45) is 3.12. The van der Waals surface area contributed by atoms with E-state index in [2.05, 4.69) is 49.2 Å². The first-order valence-electron chi connectivity index (χ1n) is 5.91. The maximum absolute atomic E-state index is 4.56. The second-order valence-electron chi connectivity index (χ2n) is 4.02. The standard InChI is InChI=1S/C13H15Br2N3/c1-2-6-16-9-11-5-7-18(17-11)13-8-10(14)3-4-12(13)15/h3-5,7-8,16H,2,6,9H2,1H3. The number of benzene rings is 1. The molecule has 5 heteroatoms. The van der Waals surface area contributed by atoms with Crippen molar-refractivity contribution < 1.29 is 0 Å². The third-order valence-electron chi connectivity index (χ3n) is 2.53. The summed E-state index contributed by atoms with van der Waals surface area (Å²) >= 11 is 7.02. The molecule has 0 radical (unpaired) electrons. The lowest BCUT2D eigenvalue weighted by atomic mass is 10.3. The van der Waals surface area contributed by atoms with E-state index < -0.39 is 0 Å². The Morgan fingerprint density at radius 1 is 1.28 bits per heavy atom. The van der Waals surface area contributed by atoms with Gasteiger partial charge < -0.3 is 5.32 Å². The van der Waals surface area contributed by atoms with Crippen molar-refractivity contribution in [2.75, 3.05) is 6.54 Å². The summed E-state index contributed by atoms with van der Waals surface area (Å²) in [6.45, 7) is 3.99. The molecule has 0 aliphatic heterocycles. The third kappa shape index (κ3) is 3.43. The van der Waals surface area contributed by atoms with Crippen LogP contribution in [0.3, 0.4) is 0 Å². The van der Waals surface area contributed by atoms with Gasteiger partial charge in [0.25, 0.3) is 0 Å². The minimum atomic E-state index is 0.812. The predicted molar refractivity (Wildman–Crippen MR) is 81.0 cm³/mol. The van der Waals surface area contributed by atoms with Crippen LogP contribution < -0.4 is 5.32 Å². The smallest absolute Gasteiger partial charge is 0.0798 e. The van der Waals surface area contributed by atoms with E-state index in [9.17, 15) is 0 Å². The van der Waals surface area contributed by atoms with Crippen LogP contribution in [-0.4, -0.2) is 16.3 Å². The summed E-state index contributed by atoms with van der Waals surface area (Å²) in [5.41, 5.74) is 2.08. The normalized spacial score (nSPS) is 10.8. The number of rotatable bonds is 5. The average molecular weight is 373 g/mol. The van der Waals surface area contributed by atoms with Crippen molar-refractivity contribution in [2.45, 2.75) is 19.9 Å². The molecule has 0 fully saturated rings. The summed E-state index contributed by atoms with van der Waals surface area (Å²) < 4.78 is 3.96. The van der Waals surface area contributed by atoms with Gasteiger partial charge >= 0.3 is 0 Å². The third-order valence-corrected chi connectivity index (χ3v) is 3.70. The molecule has 96 valence electrons. The summed E-state index contributed by atoms with van der Waals surface area (Å²) in [7, 11) is 0. The molecule has 0 spiro atoms. The van der Waals surface area contributed by atoms with Gasteiger partial charge in [-0.25, -0.2) is 4.68 Å². The van der Waals surface area contributed by atoms with Crippen LogP contribution in [0, 0.1) is 0 Å². The molecule has 0 saturated heterocycles. The lowest BCUT2D eigenvalue weighted by Crippen LogP contribution is -2.14. The molecule has 2 aromatic rings. The zero-order chi connectivity index (χ0) is 13.0. The van der Waals surface area contributed by atoms with Gasteiger partial charge in [0.05, 0.1) is 11.4 Å². The van der Waals surface area contributed by atoms with Gasteiger partial charge in [0.1, 0.15) is 0 Å². The predicted octanol–water partition coefficient (Wildman–Crippen LogP) is 3.90. The maximum atomic E-state index is 4.56. The minimum absolute atomic E-state index is 0.812. The Bertz CT molecular complexity index is 523. The molecule has 1 N–H and O–H groups in total. The molecule has 0 aliphatic carbocycles. The maximum Gasteiger partial charge on any atom is 0.0798 e. The number of nitrogens with one attached hydrogen (secondary N) is 1. The number of hydrogen-bond donors (Lipinski definition) is 1. The van der Waals surface area contributed by atoms with E-state index in [1.807, 2.05) is 35.1 Å². The monoisotopic (exact) mass is 371 g/mol. The summed E-state index contributed by atoms with van der Waals surface area (Å²) in [5.74, 6) is 0. The lowest BCUT2D eigenvalue weighted by molar-refractivity contribution is 0.656. The van der Waals surface area contributed by atoms with Gasteiger partial charge in [0.15, 0.2) is 0 Å². The van der Waals surface area contributed by atoms with E-state index in [-0.39, 0.29) is 0 Å². The van der Waals surface area contributed by atoms with Crippen LogP contribution in [0.15, 0.2) is 39.4 Å². The molecule has 0 saturated carbocycles. The molecule has 0 bridgehead atoms. The summed E-state index contributed by atoms with van der Waals surface area (Å²) in [6, 6.07) is 8.09. The van der Waals surface area contributed by atoms with Crippen LogP contribution in [0.25, 0.3) is 5.69 Å². The molecule has 1 aromatic carbocycles. The fourth-order valence-corrected chi connectivity index (χ4v) is 2.42. The molecule has 18 heavy (non-hydrogen) atoms. The van der Waals surface area contributed by atoms with E-state index in [0.29, 0.717) is 0 Å². The Morgan fingerprint density at radius 2 is 2.11 bits per heavy atom. The van der Waals surface area contributed by atoms with Gasteiger partial charge in [0, 0.05) is 21.7 Å². The van der Waals surface area contributed by atoms with E-state index in [1.165, 1.54) is 0 Å². The highest BCUT2D eigenvalue weighted by Gasteiger charge is 2.05. The minimum Gasteiger partial charge on any atom is -0.311 e. The Balaban J connectivity index is 2.16. The van der Waals surface area contributed by atoms with Crippen molar-refractivity contribution in [1.82, 2.24) is 15.1 Å². The van der Waals surface area contributed by atoms with Gasteiger partial charge in [-0.2, -0.15) is 5.10 Å². The van der Waals surface area contributed by atoms with Crippen LogP contribution in [0.1, 0.15) is 19.0 Å². The zero-order valence-corrected chi connectivity index (χ0v) is 13.3. The van der Waals surface area contributed by atoms with Gasteiger partial charge in [0.2, 0.25) is 0 Å². The molecule has 2 rings (SSSR count). The summed E-state index contributed by atoms with van der Waals surface area (Å²) in [5, 5.41) is 7.90. The highest BCUT2D eigenvalue weighted by molar-refractivity contribution is 9.11. The van der Waals surface area contributed by atoms with Crippen molar-refractivity contribution in [3.63, 3.8) is 0 Å². The number of halogens is 2. The average Bonchev–Trinajstić information content (AvgIpc) is 2.81. The number of hydrogen-bond acceptors (Lipinski definition) is 2. The zero-order valence-electron chi connectivity index (χ0n) is 10.2. The van der Waals surface area contributed by atoms with Gasteiger partial charge in [-0.3, -0.25) is 0 Å². The van der Waals surface area contributed by atoms with E-state index >= 15 is 0 Å². The molecule has 0 amide bonds. The molecule has 0 atom stereocenters. The Kier molecular flexibility index (Phi) is 4.97. The molecule has 1 heterocycles. The molecule has 3 nitrogen and oxygen atoms in total. The van der Waals surface area contributed by atoms with Crippen molar-refractivity contribution in [3.05, 3.63) is 45.1 Å². The first-order valence-corrected chi connectivity index (χ1v) is 7.50. The van der Waals surface area contributed by atoms with Crippen LogP contribution in [0.2, 0.25) is 0 Å². The van der Waals surface area contributed by atoms with Crippen LogP contribution in [0.4, 0.5) is 0 Å². The highest BCUT2D eigenvalue weighted by atomic mass is 79.9. The fraction of sp³-hybridized carbons (Fsp3) is 0.308. The Morgan fingerprint density at radius 3 is 2.89 bits per heavy atom. The van der Waals surface area contributed by atoms with Crippen molar-refractivity contribution in [2.24, 2.45) is 0 Å². The van der Waals surface area contributed by atoms with E-state index in [1.54, 1.807) is 0 Å². The second-order valence-corrected chi connectivity index (χ2v) is 5.79. The lowest BCUT2D eigenvalue weighted by Gasteiger charge is -2.05. The Hall–Kier alpha value is -0.650. The first kappa shape index (κ1) is 13.8. The van der Waals surface area contributed by atoms with Gasteiger partial charge in [-0.15, -0.1) is 0 Å². The molecule has 0 unspecified atom stereocenters. The van der Waals surface area contributed by atoms with Gasteiger partial charge in [-0.05, 0) is 53.2 Å².